The highest BCUT2D eigenvalue weighted by molar-refractivity contribution is 7.91. The lowest BCUT2D eigenvalue weighted by Crippen LogP contribution is -2.18. The zero-order valence-corrected chi connectivity index (χ0v) is 12.1. The minimum atomic E-state index is -3.02. The summed E-state index contributed by atoms with van der Waals surface area (Å²) in [5, 5.41) is 5.35. The zero-order chi connectivity index (χ0) is 14.3. The highest BCUT2D eigenvalue weighted by atomic mass is 32.2. The summed E-state index contributed by atoms with van der Waals surface area (Å²) in [6, 6.07) is 7.74. The van der Waals surface area contributed by atoms with Gasteiger partial charge in [0.2, 0.25) is 0 Å². The first-order valence-electron chi connectivity index (χ1n) is 6.60. The van der Waals surface area contributed by atoms with Gasteiger partial charge in [0.25, 0.3) is 0 Å². The number of carbonyl (C=O) groups excluding carboxylic acids is 1. The first-order valence-corrected chi connectivity index (χ1v) is 8.42. The molecule has 20 heavy (non-hydrogen) atoms. The normalized spacial score (nSPS) is 21.4. The van der Waals surface area contributed by atoms with E-state index in [1.54, 1.807) is 4.68 Å². The number of rotatable bonds is 3. The molecule has 1 unspecified atom stereocenters. The lowest BCUT2D eigenvalue weighted by atomic mass is 9.99. The van der Waals surface area contributed by atoms with Crippen molar-refractivity contribution in [1.29, 1.82) is 0 Å². The number of hydrogen-bond acceptors (Lipinski definition) is 4. The van der Waals surface area contributed by atoms with E-state index in [1.165, 1.54) is 0 Å². The molecule has 1 aliphatic heterocycles. The average Bonchev–Trinajstić information content (AvgIpc) is 2.92. The van der Waals surface area contributed by atoms with Crippen molar-refractivity contribution in [1.82, 2.24) is 9.78 Å². The van der Waals surface area contributed by atoms with Crippen LogP contribution in [-0.2, 0) is 28.1 Å². The van der Waals surface area contributed by atoms with Gasteiger partial charge in [-0.2, -0.15) is 5.10 Å². The number of nitrogens with zero attached hydrogens (tertiary/aromatic N) is 2. The predicted molar refractivity (Wildman–Crippen MR) is 76.2 cm³/mol. The molecule has 1 atom stereocenters. The molecule has 0 N–H and O–H groups in total. The zero-order valence-electron chi connectivity index (χ0n) is 11.2. The number of fused-ring (bicyclic) bond motifs is 1. The van der Waals surface area contributed by atoms with E-state index in [-0.39, 0.29) is 29.6 Å². The largest absolute Gasteiger partial charge is 0.299 e. The summed E-state index contributed by atoms with van der Waals surface area (Å²) in [7, 11) is -1.17. The summed E-state index contributed by atoms with van der Waals surface area (Å²) in [6.07, 6.45) is 0.660. The maximum Gasteiger partial charge on any atom is 0.151 e. The van der Waals surface area contributed by atoms with Gasteiger partial charge in [0.15, 0.2) is 9.84 Å². The summed E-state index contributed by atoms with van der Waals surface area (Å²) in [6.45, 7) is 0. The van der Waals surface area contributed by atoms with Gasteiger partial charge in [-0.3, -0.25) is 9.48 Å². The number of carbonyl (C=O) groups is 1. The monoisotopic (exact) mass is 292 g/mol. The lowest BCUT2D eigenvalue weighted by molar-refractivity contribution is -0.121. The second kappa shape index (κ2) is 4.70. The highest BCUT2D eigenvalue weighted by Gasteiger charge is 2.33. The minimum absolute atomic E-state index is 0.00337. The number of para-hydroxylation sites is 1. The van der Waals surface area contributed by atoms with Crippen molar-refractivity contribution in [2.45, 2.75) is 12.8 Å². The molecule has 2 aromatic rings. The molecule has 6 heteroatoms. The lowest BCUT2D eigenvalue weighted by Gasteiger charge is -2.04. The standard InChI is InChI=1S/C14H16N2O3S/c1-16-13-5-3-2-4-11(13)12(15-16)8-14(17)10-6-7-20(18,19)9-10/h2-5,10H,6-9H2,1H3. The summed E-state index contributed by atoms with van der Waals surface area (Å²) in [5.74, 6) is -0.251. The first kappa shape index (κ1) is 13.3. The SMILES string of the molecule is Cn1nc(CC(=O)C2CCS(=O)(=O)C2)c2ccccc21. The molecule has 1 aromatic heterocycles. The van der Waals surface area contributed by atoms with Crippen LogP contribution in [0, 0.1) is 5.92 Å². The number of aromatic nitrogens is 2. The molecule has 0 bridgehead atoms. The molecule has 1 aromatic carbocycles. The molecule has 0 spiro atoms. The molecule has 0 aliphatic carbocycles. The number of aryl methyl sites for hydroxylation is 1. The van der Waals surface area contributed by atoms with Crippen LogP contribution in [0.5, 0.6) is 0 Å². The van der Waals surface area contributed by atoms with E-state index in [9.17, 15) is 13.2 Å². The van der Waals surface area contributed by atoms with Crippen LogP contribution < -0.4 is 0 Å². The van der Waals surface area contributed by atoms with Crippen LogP contribution in [0.4, 0.5) is 0 Å². The topological polar surface area (TPSA) is 69.0 Å². The van der Waals surface area contributed by atoms with E-state index in [0.29, 0.717) is 6.42 Å². The Hall–Kier alpha value is -1.69. The Bertz CT molecular complexity index is 777. The van der Waals surface area contributed by atoms with Crippen LogP contribution in [0.3, 0.4) is 0 Å². The molecule has 0 saturated carbocycles. The maximum atomic E-state index is 12.2. The van der Waals surface area contributed by atoms with Gasteiger partial charge in [0.05, 0.1) is 29.1 Å². The number of sulfone groups is 1. The molecule has 0 amide bonds. The highest BCUT2D eigenvalue weighted by Crippen LogP contribution is 2.23. The Kier molecular flexibility index (Phi) is 3.12. The van der Waals surface area contributed by atoms with Gasteiger partial charge in [-0.05, 0) is 12.5 Å². The molecule has 2 heterocycles. The summed E-state index contributed by atoms with van der Waals surface area (Å²) >= 11 is 0. The number of Topliss-reactive ketones (excluding diaryl/α,β-unsaturated/α-hetero) is 1. The van der Waals surface area contributed by atoms with Gasteiger partial charge in [0.1, 0.15) is 5.78 Å². The van der Waals surface area contributed by atoms with Crippen molar-refractivity contribution >= 4 is 26.5 Å². The second-order valence-electron chi connectivity index (χ2n) is 5.33. The third-order valence-corrected chi connectivity index (χ3v) is 5.63. The van der Waals surface area contributed by atoms with Crippen molar-refractivity contribution in [2.24, 2.45) is 13.0 Å². The van der Waals surface area contributed by atoms with Gasteiger partial charge in [-0.25, -0.2) is 8.42 Å². The molecular weight excluding hydrogens is 276 g/mol. The third kappa shape index (κ3) is 2.35. The third-order valence-electron chi connectivity index (χ3n) is 3.86. The van der Waals surface area contributed by atoms with Gasteiger partial charge in [-0.15, -0.1) is 0 Å². The van der Waals surface area contributed by atoms with Gasteiger partial charge in [-0.1, -0.05) is 18.2 Å². The Labute approximate surface area is 117 Å². The second-order valence-corrected chi connectivity index (χ2v) is 7.56. The summed E-state index contributed by atoms with van der Waals surface area (Å²) < 4.78 is 24.6. The first-order chi connectivity index (χ1) is 9.46. The van der Waals surface area contributed by atoms with E-state index < -0.39 is 9.84 Å². The van der Waals surface area contributed by atoms with Crippen LogP contribution in [-0.4, -0.2) is 35.5 Å². The van der Waals surface area contributed by atoms with Crippen LogP contribution in [0.25, 0.3) is 10.9 Å². The number of benzene rings is 1. The Morgan fingerprint density at radius 3 is 2.85 bits per heavy atom. The van der Waals surface area contributed by atoms with Crippen molar-refractivity contribution in [3.8, 4) is 0 Å². The van der Waals surface area contributed by atoms with E-state index in [4.69, 9.17) is 0 Å². The Morgan fingerprint density at radius 2 is 2.15 bits per heavy atom. The fourth-order valence-electron chi connectivity index (χ4n) is 2.78. The van der Waals surface area contributed by atoms with Crippen LogP contribution >= 0.6 is 0 Å². The van der Waals surface area contributed by atoms with Gasteiger partial charge in [0, 0.05) is 18.4 Å². The van der Waals surface area contributed by atoms with Crippen molar-refractivity contribution in [3.63, 3.8) is 0 Å². The fourth-order valence-corrected chi connectivity index (χ4v) is 4.55. The molecule has 106 valence electrons. The van der Waals surface area contributed by atoms with E-state index in [0.717, 1.165) is 16.6 Å². The smallest absolute Gasteiger partial charge is 0.151 e. The predicted octanol–water partition coefficient (Wildman–Crippen LogP) is 1.12. The molecule has 0 radical (unpaired) electrons. The van der Waals surface area contributed by atoms with Crippen LogP contribution in [0.1, 0.15) is 12.1 Å². The average molecular weight is 292 g/mol. The molecular formula is C14H16N2O3S. The van der Waals surface area contributed by atoms with Crippen molar-refractivity contribution in [2.75, 3.05) is 11.5 Å². The minimum Gasteiger partial charge on any atom is -0.299 e. The molecule has 3 rings (SSSR count). The number of hydrogen-bond donors (Lipinski definition) is 0. The molecule has 1 saturated heterocycles. The maximum absolute atomic E-state index is 12.2. The molecule has 5 nitrogen and oxygen atoms in total. The summed E-state index contributed by atoms with van der Waals surface area (Å²) in [4.78, 5) is 12.2. The summed E-state index contributed by atoms with van der Waals surface area (Å²) in [5.41, 5.74) is 1.71. The fraction of sp³-hybridized carbons (Fsp3) is 0.429. The van der Waals surface area contributed by atoms with Crippen molar-refractivity contribution in [3.05, 3.63) is 30.0 Å². The van der Waals surface area contributed by atoms with Crippen LogP contribution in [0.2, 0.25) is 0 Å². The van der Waals surface area contributed by atoms with Gasteiger partial charge >= 0.3 is 0 Å². The van der Waals surface area contributed by atoms with Crippen molar-refractivity contribution < 1.29 is 13.2 Å². The Balaban J connectivity index is 1.85. The van der Waals surface area contributed by atoms with Crippen LogP contribution in [0.15, 0.2) is 24.3 Å². The van der Waals surface area contributed by atoms with E-state index in [2.05, 4.69) is 5.10 Å². The van der Waals surface area contributed by atoms with Gasteiger partial charge < -0.3 is 0 Å². The Morgan fingerprint density at radius 1 is 1.40 bits per heavy atom. The molecule has 1 aliphatic rings. The molecule has 1 fully saturated rings. The van der Waals surface area contributed by atoms with E-state index >= 15 is 0 Å². The van der Waals surface area contributed by atoms with E-state index in [1.807, 2.05) is 31.3 Å². The quantitative estimate of drug-likeness (QED) is 0.850. The number of ketones is 1.